The monoisotopic (exact) mass is 345 g/mol. The van der Waals surface area contributed by atoms with Gasteiger partial charge in [0.1, 0.15) is 5.75 Å². The van der Waals surface area contributed by atoms with Gasteiger partial charge < -0.3 is 4.74 Å². The summed E-state index contributed by atoms with van der Waals surface area (Å²) >= 11 is 0. The molecule has 2 aromatic rings. The van der Waals surface area contributed by atoms with Gasteiger partial charge in [0, 0.05) is 12.6 Å². The van der Waals surface area contributed by atoms with Gasteiger partial charge in [-0.1, -0.05) is 29.8 Å². The van der Waals surface area contributed by atoms with Crippen LogP contribution in [-0.2, 0) is 16.4 Å². The molecule has 1 heterocycles. The topological polar surface area (TPSA) is 46.6 Å². The second-order valence-electron chi connectivity index (χ2n) is 6.28. The first kappa shape index (κ1) is 17.0. The van der Waals surface area contributed by atoms with Crippen LogP contribution in [0, 0.1) is 6.92 Å². The molecule has 1 aliphatic heterocycles. The molecule has 0 unspecified atom stereocenters. The molecule has 24 heavy (non-hydrogen) atoms. The van der Waals surface area contributed by atoms with E-state index in [0.29, 0.717) is 11.4 Å². The summed E-state index contributed by atoms with van der Waals surface area (Å²) in [5, 5.41) is 0. The van der Waals surface area contributed by atoms with Gasteiger partial charge in [-0.05, 0) is 56.0 Å². The summed E-state index contributed by atoms with van der Waals surface area (Å²) in [6.07, 6.45) is 2.54. The van der Waals surface area contributed by atoms with E-state index in [1.807, 2.05) is 43.3 Å². The molecule has 0 saturated carbocycles. The van der Waals surface area contributed by atoms with Gasteiger partial charge in [-0.15, -0.1) is 0 Å². The van der Waals surface area contributed by atoms with Crippen LogP contribution in [-0.4, -0.2) is 32.4 Å². The molecular weight excluding hydrogens is 322 g/mol. The SMILES string of the molecule is COc1ccc(C[C@H]2CCCN2S(=O)(=O)c2ccc(C)cc2)cc1. The van der Waals surface area contributed by atoms with E-state index in [1.165, 1.54) is 0 Å². The van der Waals surface area contributed by atoms with E-state index < -0.39 is 10.0 Å². The van der Waals surface area contributed by atoms with Crippen molar-refractivity contribution < 1.29 is 13.2 Å². The smallest absolute Gasteiger partial charge is 0.243 e. The van der Waals surface area contributed by atoms with Crippen LogP contribution in [0.1, 0.15) is 24.0 Å². The number of hydrogen-bond donors (Lipinski definition) is 0. The van der Waals surface area contributed by atoms with Gasteiger partial charge in [0.25, 0.3) is 0 Å². The third-order valence-corrected chi connectivity index (χ3v) is 6.55. The van der Waals surface area contributed by atoms with E-state index >= 15 is 0 Å². The maximum absolute atomic E-state index is 13.0. The van der Waals surface area contributed by atoms with Crippen LogP contribution in [0.15, 0.2) is 53.4 Å². The molecule has 3 rings (SSSR count). The Kier molecular flexibility index (Phi) is 4.92. The molecule has 1 atom stereocenters. The number of sulfonamides is 1. The highest BCUT2D eigenvalue weighted by molar-refractivity contribution is 7.89. The molecule has 1 aliphatic rings. The second-order valence-corrected chi connectivity index (χ2v) is 8.17. The molecule has 0 aromatic heterocycles. The van der Waals surface area contributed by atoms with E-state index in [0.717, 1.165) is 36.1 Å². The highest BCUT2D eigenvalue weighted by Gasteiger charge is 2.35. The van der Waals surface area contributed by atoms with E-state index in [-0.39, 0.29) is 6.04 Å². The molecule has 0 N–H and O–H groups in total. The average molecular weight is 345 g/mol. The minimum atomic E-state index is -3.43. The van der Waals surface area contributed by atoms with Crippen LogP contribution < -0.4 is 4.74 Å². The molecule has 5 heteroatoms. The maximum Gasteiger partial charge on any atom is 0.243 e. The van der Waals surface area contributed by atoms with Crippen molar-refractivity contribution in [2.75, 3.05) is 13.7 Å². The quantitative estimate of drug-likeness (QED) is 0.834. The van der Waals surface area contributed by atoms with E-state index in [9.17, 15) is 8.42 Å². The Bertz CT molecular complexity index is 782. The number of ether oxygens (including phenoxy) is 1. The second kappa shape index (κ2) is 6.95. The molecule has 4 nitrogen and oxygen atoms in total. The average Bonchev–Trinajstić information content (AvgIpc) is 3.05. The van der Waals surface area contributed by atoms with Crippen molar-refractivity contribution in [1.29, 1.82) is 0 Å². The van der Waals surface area contributed by atoms with E-state index in [4.69, 9.17) is 4.74 Å². The van der Waals surface area contributed by atoms with Crippen molar-refractivity contribution in [2.24, 2.45) is 0 Å². The number of nitrogens with zero attached hydrogens (tertiary/aromatic N) is 1. The summed E-state index contributed by atoms with van der Waals surface area (Å²) in [5.74, 6) is 0.814. The number of benzene rings is 2. The van der Waals surface area contributed by atoms with Crippen molar-refractivity contribution in [3.05, 3.63) is 59.7 Å². The fraction of sp³-hybridized carbons (Fsp3) is 0.368. The lowest BCUT2D eigenvalue weighted by molar-refractivity contribution is 0.385. The molecule has 0 radical (unpaired) electrons. The Labute approximate surface area is 144 Å². The fourth-order valence-electron chi connectivity index (χ4n) is 3.21. The first-order valence-corrected chi connectivity index (χ1v) is 9.66. The van der Waals surface area contributed by atoms with Crippen LogP contribution in [0.4, 0.5) is 0 Å². The Balaban J connectivity index is 1.80. The van der Waals surface area contributed by atoms with E-state index in [1.54, 1.807) is 23.5 Å². The first-order chi connectivity index (χ1) is 11.5. The van der Waals surface area contributed by atoms with Crippen LogP contribution in [0.3, 0.4) is 0 Å². The minimum Gasteiger partial charge on any atom is -0.497 e. The molecule has 0 bridgehead atoms. The van der Waals surface area contributed by atoms with Crippen LogP contribution in [0.2, 0.25) is 0 Å². The molecule has 0 amide bonds. The Hall–Kier alpha value is -1.85. The third kappa shape index (κ3) is 3.47. The van der Waals surface area contributed by atoms with Crippen molar-refractivity contribution in [3.8, 4) is 5.75 Å². The van der Waals surface area contributed by atoms with Crippen LogP contribution in [0.5, 0.6) is 5.75 Å². The first-order valence-electron chi connectivity index (χ1n) is 8.22. The normalized spacial score (nSPS) is 18.7. The van der Waals surface area contributed by atoms with Crippen LogP contribution in [0.25, 0.3) is 0 Å². The van der Waals surface area contributed by atoms with Crippen molar-refractivity contribution in [1.82, 2.24) is 4.31 Å². The minimum absolute atomic E-state index is 0.0182. The lowest BCUT2D eigenvalue weighted by Gasteiger charge is -2.24. The van der Waals surface area contributed by atoms with Crippen molar-refractivity contribution in [2.45, 2.75) is 37.1 Å². The van der Waals surface area contributed by atoms with Gasteiger partial charge in [0.2, 0.25) is 10.0 Å². The highest BCUT2D eigenvalue weighted by Crippen LogP contribution is 2.28. The van der Waals surface area contributed by atoms with Gasteiger partial charge in [0.15, 0.2) is 0 Å². The largest absolute Gasteiger partial charge is 0.497 e. The summed E-state index contributed by atoms with van der Waals surface area (Å²) in [6.45, 7) is 2.55. The van der Waals surface area contributed by atoms with Gasteiger partial charge in [-0.3, -0.25) is 0 Å². The number of methoxy groups -OCH3 is 1. The van der Waals surface area contributed by atoms with Gasteiger partial charge >= 0.3 is 0 Å². The lowest BCUT2D eigenvalue weighted by atomic mass is 10.0. The van der Waals surface area contributed by atoms with Gasteiger partial charge in [-0.2, -0.15) is 4.31 Å². The molecule has 2 aromatic carbocycles. The van der Waals surface area contributed by atoms with Gasteiger partial charge in [-0.25, -0.2) is 8.42 Å². The van der Waals surface area contributed by atoms with Crippen LogP contribution >= 0.6 is 0 Å². The highest BCUT2D eigenvalue weighted by atomic mass is 32.2. The predicted molar refractivity (Wildman–Crippen MR) is 94.8 cm³/mol. The molecule has 0 spiro atoms. The Morgan fingerprint density at radius 3 is 2.38 bits per heavy atom. The number of aryl methyl sites for hydroxylation is 1. The predicted octanol–water partition coefficient (Wildman–Crippen LogP) is 3.40. The zero-order valence-electron chi connectivity index (χ0n) is 14.1. The Morgan fingerprint density at radius 1 is 1.08 bits per heavy atom. The van der Waals surface area contributed by atoms with Crippen molar-refractivity contribution in [3.63, 3.8) is 0 Å². The number of hydrogen-bond acceptors (Lipinski definition) is 3. The summed E-state index contributed by atoms with van der Waals surface area (Å²) in [5.41, 5.74) is 2.19. The summed E-state index contributed by atoms with van der Waals surface area (Å²) in [6, 6.07) is 15.0. The molecule has 1 saturated heterocycles. The summed E-state index contributed by atoms with van der Waals surface area (Å²) in [4.78, 5) is 0.384. The summed E-state index contributed by atoms with van der Waals surface area (Å²) < 4.78 is 32.7. The Morgan fingerprint density at radius 2 is 1.75 bits per heavy atom. The zero-order valence-corrected chi connectivity index (χ0v) is 14.9. The standard InChI is InChI=1S/C19H23NO3S/c1-15-5-11-19(12-6-15)24(21,22)20-13-3-4-17(20)14-16-7-9-18(23-2)10-8-16/h5-12,17H,3-4,13-14H2,1-2H3/t17-/m1/s1. The van der Waals surface area contributed by atoms with Crippen molar-refractivity contribution >= 4 is 10.0 Å². The molecule has 0 aliphatic carbocycles. The zero-order chi connectivity index (χ0) is 17.2. The molecule has 128 valence electrons. The third-order valence-electron chi connectivity index (χ3n) is 4.58. The molecule has 1 fully saturated rings. The fourth-order valence-corrected chi connectivity index (χ4v) is 4.90. The number of rotatable bonds is 5. The lowest BCUT2D eigenvalue weighted by Crippen LogP contribution is -2.36. The van der Waals surface area contributed by atoms with E-state index in [2.05, 4.69) is 0 Å². The molecular formula is C19H23NO3S. The maximum atomic E-state index is 13.0. The van der Waals surface area contributed by atoms with Gasteiger partial charge in [0.05, 0.1) is 12.0 Å². The summed E-state index contributed by atoms with van der Waals surface area (Å²) in [7, 11) is -1.79.